The Kier molecular flexibility index (Phi) is 8.60. The first kappa shape index (κ1) is 22.4. The zero-order valence-corrected chi connectivity index (χ0v) is 17.3. The van der Waals surface area contributed by atoms with E-state index in [0.29, 0.717) is 26.1 Å². The zero-order chi connectivity index (χ0) is 21.2. The molecule has 1 heterocycles. The fourth-order valence-electron chi connectivity index (χ4n) is 2.70. The van der Waals surface area contributed by atoms with Crippen LogP contribution in [0.4, 0.5) is 0 Å². The van der Waals surface area contributed by atoms with Crippen LogP contribution in [0.1, 0.15) is 25.3 Å². The number of methoxy groups -OCH3 is 1. The van der Waals surface area contributed by atoms with Gasteiger partial charge in [-0.1, -0.05) is 19.1 Å². The van der Waals surface area contributed by atoms with Gasteiger partial charge in [0, 0.05) is 19.2 Å². The minimum absolute atomic E-state index is 0.0949. The molecule has 1 aromatic carbocycles. The summed E-state index contributed by atoms with van der Waals surface area (Å²) in [5, 5.41) is 5.38. The molecule has 1 atom stereocenters. The van der Waals surface area contributed by atoms with Crippen molar-refractivity contribution in [3.05, 3.63) is 35.9 Å². The standard InChI is InChI=1S/C20H25N3O5S/c1-3-12-28-18(25)13-16-19(26)21-10-11-23(16)20(29)22-17(24)9-6-14-4-7-15(27-2)8-5-14/h4-9,16H,3,10-13H2,1-2H3,(H,21,26)(H,22,24,29)/b9-6+. The van der Waals surface area contributed by atoms with Gasteiger partial charge in [-0.2, -0.15) is 0 Å². The third kappa shape index (κ3) is 6.86. The predicted molar refractivity (Wildman–Crippen MR) is 112 cm³/mol. The molecule has 1 aliphatic rings. The highest BCUT2D eigenvalue weighted by molar-refractivity contribution is 7.80. The maximum absolute atomic E-state index is 12.2. The maximum Gasteiger partial charge on any atom is 0.308 e. The molecule has 0 aromatic heterocycles. The lowest BCUT2D eigenvalue weighted by molar-refractivity contribution is -0.147. The van der Waals surface area contributed by atoms with Gasteiger partial charge < -0.3 is 19.7 Å². The summed E-state index contributed by atoms with van der Waals surface area (Å²) >= 11 is 5.30. The first-order valence-corrected chi connectivity index (χ1v) is 9.72. The van der Waals surface area contributed by atoms with E-state index < -0.39 is 17.9 Å². The Hall–Kier alpha value is -2.94. The predicted octanol–water partition coefficient (Wildman–Crippen LogP) is 1.25. The molecule has 9 heteroatoms. The molecule has 29 heavy (non-hydrogen) atoms. The van der Waals surface area contributed by atoms with Crippen LogP contribution in [0.3, 0.4) is 0 Å². The number of rotatable bonds is 7. The molecule has 156 valence electrons. The highest BCUT2D eigenvalue weighted by atomic mass is 32.1. The Balaban J connectivity index is 1.96. The van der Waals surface area contributed by atoms with Gasteiger partial charge in [0.25, 0.3) is 0 Å². The number of nitrogens with zero attached hydrogens (tertiary/aromatic N) is 1. The first-order valence-electron chi connectivity index (χ1n) is 9.31. The van der Waals surface area contributed by atoms with Gasteiger partial charge in [0.2, 0.25) is 11.8 Å². The van der Waals surface area contributed by atoms with Crippen molar-refractivity contribution in [3.63, 3.8) is 0 Å². The molecule has 1 aromatic rings. The molecule has 0 bridgehead atoms. The van der Waals surface area contributed by atoms with Crippen LogP contribution in [0.15, 0.2) is 30.3 Å². The quantitative estimate of drug-likeness (QED) is 0.390. The molecule has 8 nitrogen and oxygen atoms in total. The van der Waals surface area contributed by atoms with Crippen molar-refractivity contribution >= 4 is 41.2 Å². The third-order valence-electron chi connectivity index (χ3n) is 4.19. The average Bonchev–Trinajstić information content (AvgIpc) is 2.72. The molecule has 1 fully saturated rings. The summed E-state index contributed by atoms with van der Waals surface area (Å²) in [4.78, 5) is 37.9. The highest BCUT2D eigenvalue weighted by Crippen LogP contribution is 2.13. The van der Waals surface area contributed by atoms with E-state index in [1.807, 2.05) is 19.1 Å². The van der Waals surface area contributed by atoms with E-state index in [9.17, 15) is 14.4 Å². The lowest BCUT2D eigenvalue weighted by atomic mass is 10.1. The van der Waals surface area contributed by atoms with E-state index in [1.54, 1.807) is 30.2 Å². The van der Waals surface area contributed by atoms with Gasteiger partial charge in [-0.25, -0.2) is 0 Å². The molecule has 2 rings (SSSR count). The molecule has 0 saturated carbocycles. The van der Waals surface area contributed by atoms with E-state index in [-0.39, 0.29) is 17.4 Å². The number of carbonyl (C=O) groups is 3. The molecule has 2 N–H and O–H groups in total. The number of nitrogens with one attached hydrogen (secondary N) is 2. The minimum atomic E-state index is -0.813. The number of thiocarbonyl (C=S) groups is 1. The molecular formula is C20H25N3O5S. The van der Waals surface area contributed by atoms with Crippen LogP contribution in [0.5, 0.6) is 5.75 Å². The normalized spacial score (nSPS) is 16.3. The molecule has 1 saturated heterocycles. The summed E-state index contributed by atoms with van der Waals surface area (Å²) in [6, 6.07) is 6.39. The number of benzene rings is 1. The fraction of sp³-hybridized carbons (Fsp3) is 0.400. The van der Waals surface area contributed by atoms with E-state index in [4.69, 9.17) is 21.7 Å². The number of ether oxygens (including phenoxy) is 2. The van der Waals surface area contributed by atoms with Gasteiger partial charge >= 0.3 is 5.97 Å². The van der Waals surface area contributed by atoms with Gasteiger partial charge in [0.15, 0.2) is 5.11 Å². The maximum atomic E-state index is 12.2. The number of hydrogen-bond acceptors (Lipinski definition) is 6. The summed E-state index contributed by atoms with van der Waals surface area (Å²) in [5.74, 6) is -0.508. The average molecular weight is 420 g/mol. The smallest absolute Gasteiger partial charge is 0.308 e. The number of hydrogen-bond donors (Lipinski definition) is 2. The summed E-state index contributed by atoms with van der Waals surface area (Å²) in [6.45, 7) is 2.94. The Morgan fingerprint density at radius 1 is 1.34 bits per heavy atom. The van der Waals surface area contributed by atoms with Gasteiger partial charge in [-0.15, -0.1) is 0 Å². The second-order valence-corrected chi connectivity index (χ2v) is 6.71. The van der Waals surface area contributed by atoms with Gasteiger partial charge in [-0.3, -0.25) is 19.7 Å². The van der Waals surface area contributed by atoms with Crippen molar-refractivity contribution in [2.75, 3.05) is 26.8 Å². The number of piperazine rings is 1. The molecule has 1 unspecified atom stereocenters. The topological polar surface area (TPSA) is 97.0 Å². The van der Waals surface area contributed by atoms with E-state index in [0.717, 1.165) is 11.3 Å². The van der Waals surface area contributed by atoms with Crippen molar-refractivity contribution in [2.45, 2.75) is 25.8 Å². The molecule has 0 spiro atoms. The Morgan fingerprint density at radius 3 is 2.72 bits per heavy atom. The van der Waals surface area contributed by atoms with Crippen LogP contribution in [0, 0.1) is 0 Å². The van der Waals surface area contributed by atoms with Crippen molar-refractivity contribution in [1.29, 1.82) is 0 Å². The van der Waals surface area contributed by atoms with Gasteiger partial charge in [0.05, 0.1) is 20.1 Å². The van der Waals surface area contributed by atoms with Crippen molar-refractivity contribution in [2.24, 2.45) is 0 Å². The Morgan fingerprint density at radius 2 is 2.07 bits per heavy atom. The molecule has 1 aliphatic heterocycles. The van der Waals surface area contributed by atoms with Crippen LogP contribution in [0.25, 0.3) is 6.08 Å². The number of amides is 2. The number of esters is 1. The summed E-state index contributed by atoms with van der Waals surface area (Å²) in [7, 11) is 1.58. The third-order valence-corrected chi connectivity index (χ3v) is 4.53. The Labute approximate surface area is 175 Å². The lowest BCUT2D eigenvalue weighted by Gasteiger charge is -2.36. The van der Waals surface area contributed by atoms with Crippen LogP contribution in [-0.2, 0) is 19.1 Å². The van der Waals surface area contributed by atoms with Crippen LogP contribution in [0.2, 0.25) is 0 Å². The van der Waals surface area contributed by atoms with Crippen LogP contribution < -0.4 is 15.4 Å². The van der Waals surface area contributed by atoms with Crippen molar-refractivity contribution in [3.8, 4) is 5.75 Å². The van der Waals surface area contributed by atoms with E-state index in [2.05, 4.69) is 10.6 Å². The molecule has 2 amide bonds. The zero-order valence-electron chi connectivity index (χ0n) is 16.5. The summed E-state index contributed by atoms with van der Waals surface area (Å²) in [5.41, 5.74) is 0.820. The monoisotopic (exact) mass is 419 g/mol. The summed E-state index contributed by atoms with van der Waals surface area (Å²) < 4.78 is 10.1. The van der Waals surface area contributed by atoms with Crippen LogP contribution in [-0.4, -0.2) is 60.6 Å². The first-order chi connectivity index (χ1) is 13.9. The SMILES string of the molecule is CCCOC(=O)CC1C(=O)NCCN1C(=S)NC(=O)/C=C/c1ccc(OC)cc1. The van der Waals surface area contributed by atoms with E-state index in [1.165, 1.54) is 6.08 Å². The lowest BCUT2D eigenvalue weighted by Crippen LogP contribution is -2.60. The second-order valence-electron chi connectivity index (χ2n) is 6.33. The largest absolute Gasteiger partial charge is 0.497 e. The second kappa shape index (κ2) is 11.2. The van der Waals surface area contributed by atoms with Gasteiger partial charge in [-0.05, 0) is 42.4 Å². The van der Waals surface area contributed by atoms with E-state index >= 15 is 0 Å². The van der Waals surface area contributed by atoms with Crippen molar-refractivity contribution in [1.82, 2.24) is 15.5 Å². The van der Waals surface area contributed by atoms with Crippen molar-refractivity contribution < 1.29 is 23.9 Å². The Bertz CT molecular complexity index is 779. The molecule has 0 aliphatic carbocycles. The molecular weight excluding hydrogens is 394 g/mol. The van der Waals surface area contributed by atoms with Crippen LogP contribution >= 0.6 is 12.2 Å². The highest BCUT2D eigenvalue weighted by Gasteiger charge is 2.34. The molecule has 0 radical (unpaired) electrons. The number of carbonyl (C=O) groups excluding carboxylic acids is 3. The van der Waals surface area contributed by atoms with Gasteiger partial charge in [0.1, 0.15) is 11.8 Å². The minimum Gasteiger partial charge on any atom is -0.497 e. The summed E-state index contributed by atoms with van der Waals surface area (Å²) in [6.07, 6.45) is 3.55. The fourth-order valence-corrected chi connectivity index (χ4v) is 3.02.